The van der Waals surface area contributed by atoms with E-state index in [0.717, 1.165) is 19.3 Å². The van der Waals surface area contributed by atoms with Gasteiger partial charge in [0.1, 0.15) is 0 Å². The van der Waals surface area contributed by atoms with Crippen molar-refractivity contribution in [3.63, 3.8) is 0 Å². The molecule has 0 spiro atoms. The van der Waals surface area contributed by atoms with Gasteiger partial charge in [-0.3, -0.25) is 4.79 Å². The van der Waals surface area contributed by atoms with Crippen LogP contribution in [0.3, 0.4) is 0 Å². The summed E-state index contributed by atoms with van der Waals surface area (Å²) in [6, 6.07) is 0.241. The minimum Gasteiger partial charge on any atom is -0.354 e. The van der Waals surface area contributed by atoms with Crippen molar-refractivity contribution in [2.24, 2.45) is 0 Å². The number of rotatable bonds is 5. The van der Waals surface area contributed by atoms with E-state index in [1.54, 1.807) is 0 Å². The first kappa shape index (κ1) is 11.0. The Balaban J connectivity index is 3.27. The summed E-state index contributed by atoms with van der Waals surface area (Å²) in [7, 11) is 0. The summed E-state index contributed by atoms with van der Waals surface area (Å²) >= 11 is 0. The molecule has 0 atom stereocenters. The molecule has 0 saturated carbocycles. The molecule has 68 valence electrons. The Morgan fingerprint density at radius 2 is 2.17 bits per heavy atom. The van der Waals surface area contributed by atoms with Gasteiger partial charge in [0.05, 0.1) is 0 Å². The standard InChI is InChI=1S/C10H17NO/c1-4-5-6-7-8-10(12)11-9(2)3/h1,9H,5-8H2,2-3H3,(H,11,12). The highest BCUT2D eigenvalue weighted by Crippen LogP contribution is 1.98. The normalized spacial score (nSPS) is 9.50. The minimum atomic E-state index is 0.127. The number of nitrogens with one attached hydrogen (secondary N) is 1. The van der Waals surface area contributed by atoms with E-state index in [1.165, 1.54) is 0 Å². The van der Waals surface area contributed by atoms with Crippen LogP contribution in [-0.2, 0) is 4.79 Å². The lowest BCUT2D eigenvalue weighted by atomic mass is 10.2. The van der Waals surface area contributed by atoms with Crippen LogP contribution >= 0.6 is 0 Å². The van der Waals surface area contributed by atoms with Gasteiger partial charge in [-0.15, -0.1) is 12.3 Å². The first-order valence-electron chi connectivity index (χ1n) is 4.39. The summed E-state index contributed by atoms with van der Waals surface area (Å²) in [6.45, 7) is 3.92. The Morgan fingerprint density at radius 3 is 2.67 bits per heavy atom. The predicted molar refractivity (Wildman–Crippen MR) is 50.6 cm³/mol. The zero-order valence-electron chi connectivity index (χ0n) is 7.89. The molecule has 0 aliphatic rings. The van der Waals surface area contributed by atoms with Crippen molar-refractivity contribution in [1.82, 2.24) is 5.32 Å². The number of amides is 1. The molecular weight excluding hydrogens is 150 g/mol. The first-order valence-corrected chi connectivity index (χ1v) is 4.39. The van der Waals surface area contributed by atoms with E-state index < -0.39 is 0 Å². The van der Waals surface area contributed by atoms with Crippen LogP contribution in [0.2, 0.25) is 0 Å². The third kappa shape index (κ3) is 7.14. The Morgan fingerprint density at radius 1 is 1.50 bits per heavy atom. The fourth-order valence-corrected chi connectivity index (χ4v) is 0.907. The smallest absolute Gasteiger partial charge is 0.220 e. The average Bonchev–Trinajstić information content (AvgIpc) is 1.97. The van der Waals surface area contributed by atoms with Crippen LogP contribution in [-0.4, -0.2) is 11.9 Å². The Hall–Kier alpha value is -0.970. The van der Waals surface area contributed by atoms with Crippen LogP contribution in [0.25, 0.3) is 0 Å². The molecule has 2 nitrogen and oxygen atoms in total. The van der Waals surface area contributed by atoms with Crippen LogP contribution in [0.4, 0.5) is 0 Å². The summed E-state index contributed by atoms with van der Waals surface area (Å²) in [5.74, 6) is 2.68. The Labute approximate surface area is 74.7 Å². The highest BCUT2D eigenvalue weighted by molar-refractivity contribution is 5.76. The zero-order chi connectivity index (χ0) is 9.40. The van der Waals surface area contributed by atoms with Gasteiger partial charge in [-0.1, -0.05) is 0 Å². The van der Waals surface area contributed by atoms with Crippen molar-refractivity contribution in [1.29, 1.82) is 0 Å². The van der Waals surface area contributed by atoms with Gasteiger partial charge in [-0.2, -0.15) is 0 Å². The SMILES string of the molecule is C#CCCCCC(=O)NC(C)C. The highest BCUT2D eigenvalue weighted by Gasteiger charge is 2.01. The van der Waals surface area contributed by atoms with Crippen LogP contribution in [0.1, 0.15) is 39.5 Å². The lowest BCUT2D eigenvalue weighted by Gasteiger charge is -2.06. The van der Waals surface area contributed by atoms with Gasteiger partial charge in [0.2, 0.25) is 5.91 Å². The van der Waals surface area contributed by atoms with Crippen molar-refractivity contribution in [2.45, 2.75) is 45.6 Å². The summed E-state index contributed by atoms with van der Waals surface area (Å²) in [5, 5.41) is 2.83. The largest absolute Gasteiger partial charge is 0.354 e. The van der Waals surface area contributed by atoms with Crippen LogP contribution in [0.15, 0.2) is 0 Å². The van der Waals surface area contributed by atoms with Crippen LogP contribution in [0.5, 0.6) is 0 Å². The van der Waals surface area contributed by atoms with Crippen molar-refractivity contribution in [2.75, 3.05) is 0 Å². The quantitative estimate of drug-likeness (QED) is 0.490. The number of unbranched alkanes of at least 4 members (excludes halogenated alkanes) is 2. The second kappa shape index (κ2) is 6.72. The third-order valence-corrected chi connectivity index (χ3v) is 1.42. The Kier molecular flexibility index (Phi) is 6.18. The lowest BCUT2D eigenvalue weighted by Crippen LogP contribution is -2.29. The van der Waals surface area contributed by atoms with E-state index in [1.807, 2.05) is 13.8 Å². The lowest BCUT2D eigenvalue weighted by molar-refractivity contribution is -0.121. The summed E-state index contributed by atoms with van der Waals surface area (Å²) in [4.78, 5) is 11.1. The molecule has 1 amide bonds. The van der Waals surface area contributed by atoms with Crippen molar-refractivity contribution in [3.8, 4) is 12.3 Å². The molecule has 1 N–H and O–H groups in total. The monoisotopic (exact) mass is 167 g/mol. The fourth-order valence-electron chi connectivity index (χ4n) is 0.907. The van der Waals surface area contributed by atoms with Gasteiger partial charge < -0.3 is 5.32 Å². The highest BCUT2D eigenvalue weighted by atomic mass is 16.1. The van der Waals surface area contributed by atoms with Crippen molar-refractivity contribution in [3.05, 3.63) is 0 Å². The van der Waals surface area contributed by atoms with Gasteiger partial charge >= 0.3 is 0 Å². The zero-order valence-corrected chi connectivity index (χ0v) is 7.89. The second-order valence-corrected chi connectivity index (χ2v) is 3.13. The van der Waals surface area contributed by atoms with E-state index >= 15 is 0 Å². The van der Waals surface area contributed by atoms with Crippen LogP contribution < -0.4 is 5.32 Å². The van der Waals surface area contributed by atoms with E-state index in [4.69, 9.17) is 6.42 Å². The summed E-state index contributed by atoms with van der Waals surface area (Å²) < 4.78 is 0. The maximum atomic E-state index is 11.1. The molecule has 0 saturated heterocycles. The van der Waals surface area contributed by atoms with E-state index in [9.17, 15) is 4.79 Å². The van der Waals surface area contributed by atoms with E-state index in [0.29, 0.717) is 6.42 Å². The van der Waals surface area contributed by atoms with Crippen molar-refractivity contribution >= 4 is 5.91 Å². The molecule has 0 aromatic carbocycles. The molecule has 0 aromatic rings. The molecule has 0 aromatic heterocycles. The molecule has 0 fully saturated rings. The van der Waals surface area contributed by atoms with Crippen LogP contribution in [0, 0.1) is 12.3 Å². The molecule has 0 unspecified atom stereocenters. The second-order valence-electron chi connectivity index (χ2n) is 3.13. The fraction of sp³-hybridized carbons (Fsp3) is 0.700. The molecule has 0 bridgehead atoms. The molecule has 0 heterocycles. The third-order valence-electron chi connectivity index (χ3n) is 1.42. The maximum Gasteiger partial charge on any atom is 0.220 e. The number of hydrogen-bond donors (Lipinski definition) is 1. The summed E-state index contributed by atoms with van der Waals surface area (Å²) in [6.07, 6.45) is 8.28. The van der Waals surface area contributed by atoms with Crippen molar-refractivity contribution < 1.29 is 4.79 Å². The number of carbonyl (C=O) groups is 1. The molecule has 12 heavy (non-hydrogen) atoms. The Bertz CT molecular complexity index is 167. The van der Waals surface area contributed by atoms with E-state index in [-0.39, 0.29) is 11.9 Å². The molecule has 0 aliphatic carbocycles. The van der Waals surface area contributed by atoms with E-state index in [2.05, 4.69) is 11.2 Å². The van der Waals surface area contributed by atoms with Gasteiger partial charge in [0.25, 0.3) is 0 Å². The van der Waals surface area contributed by atoms with Gasteiger partial charge in [-0.25, -0.2) is 0 Å². The number of terminal acetylenes is 1. The molecule has 0 radical (unpaired) electrons. The number of carbonyl (C=O) groups excluding carboxylic acids is 1. The minimum absolute atomic E-state index is 0.127. The predicted octanol–water partition coefficient (Wildman–Crippen LogP) is 1.70. The average molecular weight is 167 g/mol. The summed E-state index contributed by atoms with van der Waals surface area (Å²) in [5.41, 5.74) is 0. The molecular formula is C10H17NO. The topological polar surface area (TPSA) is 29.1 Å². The first-order chi connectivity index (χ1) is 5.66. The molecule has 0 aliphatic heterocycles. The molecule has 2 heteroatoms. The number of hydrogen-bond acceptors (Lipinski definition) is 1. The van der Waals surface area contributed by atoms with Gasteiger partial charge in [-0.05, 0) is 26.7 Å². The maximum absolute atomic E-state index is 11.1. The van der Waals surface area contributed by atoms with Gasteiger partial charge in [0.15, 0.2) is 0 Å². The molecule has 0 rings (SSSR count). The van der Waals surface area contributed by atoms with Gasteiger partial charge in [0, 0.05) is 18.9 Å².